The van der Waals surface area contributed by atoms with Gasteiger partial charge in [-0.3, -0.25) is 0 Å². The van der Waals surface area contributed by atoms with Crippen molar-refractivity contribution in [1.82, 2.24) is 9.88 Å². The molecule has 1 aromatic rings. The van der Waals surface area contributed by atoms with Gasteiger partial charge in [0.05, 0.1) is 12.3 Å². The lowest BCUT2D eigenvalue weighted by Gasteiger charge is -2.04. The Kier molecular flexibility index (Phi) is 2.99. The van der Waals surface area contributed by atoms with Crippen LogP contribution in [0.5, 0.6) is 0 Å². The van der Waals surface area contributed by atoms with Crippen molar-refractivity contribution in [2.45, 2.75) is 13.2 Å². The predicted molar refractivity (Wildman–Crippen MR) is 45.4 cm³/mol. The van der Waals surface area contributed by atoms with Crippen molar-refractivity contribution in [1.29, 1.82) is 0 Å². The summed E-state index contributed by atoms with van der Waals surface area (Å²) in [6.45, 7) is 0.897. The zero-order valence-electron chi connectivity index (χ0n) is 6.74. The number of hydrogen-bond donors (Lipinski definition) is 1. The summed E-state index contributed by atoms with van der Waals surface area (Å²) in [5, 5.41) is 11.7. The highest BCUT2D eigenvalue weighted by Crippen LogP contribution is 2.10. The molecule has 0 saturated heterocycles. The molecule has 1 heterocycles. The monoisotopic (exact) mass is 172 g/mol. The summed E-state index contributed by atoms with van der Waals surface area (Å²) < 4.78 is 0. The minimum absolute atomic E-state index is 0.0456. The minimum Gasteiger partial charge on any atom is -0.390 e. The number of hydrogen-bond acceptors (Lipinski definition) is 4. The summed E-state index contributed by atoms with van der Waals surface area (Å²) in [7, 11) is 4.00. The molecule has 0 aliphatic carbocycles. The van der Waals surface area contributed by atoms with Gasteiger partial charge in [0.15, 0.2) is 0 Å². The molecule has 0 fully saturated rings. The predicted octanol–water partition coefficient (Wildman–Crippen LogP) is 0.697. The van der Waals surface area contributed by atoms with E-state index in [4.69, 9.17) is 5.11 Å². The summed E-state index contributed by atoms with van der Waals surface area (Å²) in [5.41, 5.74) is 0.770. The average molecular weight is 172 g/mol. The quantitative estimate of drug-likeness (QED) is 0.729. The first-order chi connectivity index (χ1) is 5.22. The molecule has 4 heteroatoms. The van der Waals surface area contributed by atoms with Crippen LogP contribution in [-0.4, -0.2) is 29.1 Å². The second kappa shape index (κ2) is 3.80. The molecule has 3 nitrogen and oxygen atoms in total. The molecule has 0 unspecified atom stereocenters. The van der Waals surface area contributed by atoms with E-state index in [1.165, 1.54) is 0 Å². The van der Waals surface area contributed by atoms with E-state index in [1.54, 1.807) is 11.3 Å². The molecule has 11 heavy (non-hydrogen) atoms. The number of thiazole rings is 1. The molecule has 0 spiro atoms. The molecule has 1 aromatic heterocycles. The van der Waals surface area contributed by atoms with Crippen molar-refractivity contribution < 1.29 is 5.11 Å². The molecule has 0 aliphatic heterocycles. The van der Waals surface area contributed by atoms with Gasteiger partial charge in [-0.05, 0) is 14.1 Å². The first-order valence-corrected chi connectivity index (χ1v) is 4.29. The lowest BCUT2D eigenvalue weighted by molar-refractivity contribution is 0.277. The van der Waals surface area contributed by atoms with E-state index in [0.717, 1.165) is 17.2 Å². The molecule has 0 saturated carbocycles. The first kappa shape index (κ1) is 8.64. The Hall–Kier alpha value is -0.450. The maximum atomic E-state index is 8.72. The Morgan fingerprint density at radius 1 is 1.64 bits per heavy atom. The van der Waals surface area contributed by atoms with Crippen molar-refractivity contribution in [3.63, 3.8) is 0 Å². The van der Waals surface area contributed by atoms with Crippen LogP contribution in [0, 0.1) is 0 Å². The van der Waals surface area contributed by atoms with E-state index in [0.29, 0.717) is 0 Å². The van der Waals surface area contributed by atoms with Gasteiger partial charge >= 0.3 is 0 Å². The lowest BCUT2D eigenvalue weighted by Crippen LogP contribution is -2.10. The van der Waals surface area contributed by atoms with Crippen LogP contribution in [0.1, 0.15) is 10.7 Å². The third kappa shape index (κ3) is 2.57. The topological polar surface area (TPSA) is 36.4 Å². The Balaban J connectivity index is 2.58. The second-order valence-electron chi connectivity index (χ2n) is 2.63. The summed E-state index contributed by atoms with van der Waals surface area (Å²) in [6.07, 6.45) is 0. The van der Waals surface area contributed by atoms with Gasteiger partial charge in [0.25, 0.3) is 0 Å². The molecule has 0 bridgehead atoms. The van der Waals surface area contributed by atoms with E-state index < -0.39 is 0 Å². The van der Waals surface area contributed by atoms with Gasteiger partial charge in [0, 0.05) is 11.9 Å². The van der Waals surface area contributed by atoms with Crippen molar-refractivity contribution in [2.24, 2.45) is 0 Å². The number of aromatic nitrogens is 1. The maximum absolute atomic E-state index is 8.72. The van der Waals surface area contributed by atoms with Crippen molar-refractivity contribution in [2.75, 3.05) is 14.1 Å². The Morgan fingerprint density at radius 3 is 2.82 bits per heavy atom. The van der Waals surface area contributed by atoms with E-state index in [-0.39, 0.29) is 6.61 Å². The van der Waals surface area contributed by atoms with E-state index >= 15 is 0 Å². The van der Waals surface area contributed by atoms with Gasteiger partial charge in [-0.25, -0.2) is 4.98 Å². The highest BCUT2D eigenvalue weighted by atomic mass is 32.1. The largest absolute Gasteiger partial charge is 0.390 e. The standard InChI is InChI=1S/C7H12N2OS/c1-9(2)3-7-8-6(4-10)5-11-7/h5,10H,3-4H2,1-2H3. The van der Waals surface area contributed by atoms with Crippen LogP contribution >= 0.6 is 11.3 Å². The zero-order valence-corrected chi connectivity index (χ0v) is 7.56. The van der Waals surface area contributed by atoms with Crippen molar-refractivity contribution in [3.05, 3.63) is 16.1 Å². The first-order valence-electron chi connectivity index (χ1n) is 3.41. The fourth-order valence-corrected chi connectivity index (χ4v) is 1.67. The van der Waals surface area contributed by atoms with Gasteiger partial charge in [0.1, 0.15) is 5.01 Å². The Morgan fingerprint density at radius 2 is 2.36 bits per heavy atom. The molecule has 1 rings (SSSR count). The highest BCUT2D eigenvalue weighted by molar-refractivity contribution is 7.09. The molecule has 0 amide bonds. The molecule has 0 aromatic carbocycles. The molecular formula is C7H12N2OS. The van der Waals surface area contributed by atoms with Crippen molar-refractivity contribution in [3.8, 4) is 0 Å². The number of nitrogens with zero attached hydrogens (tertiary/aromatic N) is 2. The Labute approximate surface area is 70.3 Å². The van der Waals surface area contributed by atoms with Gasteiger partial charge in [-0.15, -0.1) is 11.3 Å². The van der Waals surface area contributed by atoms with Gasteiger partial charge in [0.2, 0.25) is 0 Å². The van der Waals surface area contributed by atoms with Crippen LogP contribution in [0.4, 0.5) is 0 Å². The van der Waals surface area contributed by atoms with Crippen LogP contribution in [0.15, 0.2) is 5.38 Å². The average Bonchev–Trinajstić information content (AvgIpc) is 2.34. The summed E-state index contributed by atoms with van der Waals surface area (Å²) >= 11 is 1.59. The van der Waals surface area contributed by atoms with E-state index in [2.05, 4.69) is 9.88 Å². The fraction of sp³-hybridized carbons (Fsp3) is 0.571. The third-order valence-corrected chi connectivity index (χ3v) is 2.10. The maximum Gasteiger partial charge on any atom is 0.107 e. The molecule has 62 valence electrons. The second-order valence-corrected chi connectivity index (χ2v) is 3.57. The van der Waals surface area contributed by atoms with Crippen LogP contribution in [0.2, 0.25) is 0 Å². The van der Waals surface area contributed by atoms with Crippen LogP contribution < -0.4 is 0 Å². The summed E-state index contributed by atoms with van der Waals surface area (Å²) in [5.74, 6) is 0. The summed E-state index contributed by atoms with van der Waals surface area (Å²) in [6, 6.07) is 0. The van der Waals surface area contributed by atoms with Gasteiger partial charge in [-0.2, -0.15) is 0 Å². The molecular weight excluding hydrogens is 160 g/mol. The SMILES string of the molecule is CN(C)Cc1nc(CO)cs1. The van der Waals surface area contributed by atoms with Gasteiger partial charge in [-0.1, -0.05) is 0 Å². The zero-order chi connectivity index (χ0) is 8.27. The molecule has 1 N–H and O–H groups in total. The van der Waals surface area contributed by atoms with Gasteiger partial charge < -0.3 is 10.0 Å². The smallest absolute Gasteiger partial charge is 0.107 e. The van der Waals surface area contributed by atoms with Crippen LogP contribution in [0.25, 0.3) is 0 Å². The third-order valence-electron chi connectivity index (χ3n) is 1.21. The Bertz CT molecular complexity index is 222. The normalized spacial score (nSPS) is 10.9. The van der Waals surface area contributed by atoms with Crippen LogP contribution in [-0.2, 0) is 13.2 Å². The molecule has 0 atom stereocenters. The molecule has 0 aliphatic rings. The number of aliphatic hydroxyl groups is 1. The lowest BCUT2D eigenvalue weighted by atomic mass is 10.5. The fourth-order valence-electron chi connectivity index (χ4n) is 0.765. The number of aliphatic hydroxyl groups excluding tert-OH is 1. The van der Waals surface area contributed by atoms with Crippen molar-refractivity contribution >= 4 is 11.3 Å². The number of rotatable bonds is 3. The van der Waals surface area contributed by atoms with E-state index in [1.807, 2.05) is 19.5 Å². The molecule has 0 radical (unpaired) electrons. The van der Waals surface area contributed by atoms with E-state index in [9.17, 15) is 0 Å². The van der Waals surface area contributed by atoms with Crippen LogP contribution in [0.3, 0.4) is 0 Å². The minimum atomic E-state index is 0.0456. The summed E-state index contributed by atoms with van der Waals surface area (Å²) in [4.78, 5) is 6.25. The highest BCUT2D eigenvalue weighted by Gasteiger charge is 2.00.